The standard InChI is InChI=1S/C16H21N3O2/c1-10(2)9-19-6-5-18-15(16(19)20)21-14-8-11(3)13(17)7-12(14)4/h5-8,10H,9,17H2,1-4H3. The summed E-state index contributed by atoms with van der Waals surface area (Å²) in [7, 11) is 0. The number of nitrogen functional groups attached to an aromatic ring is 1. The number of hydrogen-bond acceptors (Lipinski definition) is 4. The zero-order chi connectivity index (χ0) is 15.6. The molecule has 5 heteroatoms. The van der Waals surface area contributed by atoms with Crippen molar-refractivity contribution in [2.24, 2.45) is 5.92 Å². The third-order valence-corrected chi connectivity index (χ3v) is 3.21. The lowest BCUT2D eigenvalue weighted by Crippen LogP contribution is -2.23. The molecule has 112 valence electrons. The van der Waals surface area contributed by atoms with Crippen molar-refractivity contribution in [2.45, 2.75) is 34.2 Å². The van der Waals surface area contributed by atoms with Gasteiger partial charge in [-0.1, -0.05) is 13.8 Å². The van der Waals surface area contributed by atoms with Crippen LogP contribution in [0.5, 0.6) is 11.6 Å². The number of rotatable bonds is 4. The fraction of sp³-hybridized carbons (Fsp3) is 0.375. The molecule has 0 unspecified atom stereocenters. The molecule has 0 radical (unpaired) electrons. The van der Waals surface area contributed by atoms with E-state index in [4.69, 9.17) is 10.5 Å². The molecule has 0 saturated carbocycles. The summed E-state index contributed by atoms with van der Waals surface area (Å²) < 4.78 is 7.32. The van der Waals surface area contributed by atoms with Gasteiger partial charge in [-0.15, -0.1) is 0 Å². The number of ether oxygens (including phenoxy) is 1. The molecule has 1 aromatic carbocycles. The average molecular weight is 287 g/mol. The summed E-state index contributed by atoms with van der Waals surface area (Å²) in [5, 5.41) is 0. The van der Waals surface area contributed by atoms with E-state index in [1.165, 1.54) is 0 Å². The summed E-state index contributed by atoms with van der Waals surface area (Å²) in [4.78, 5) is 16.4. The first-order chi connectivity index (χ1) is 9.88. The Balaban J connectivity index is 2.36. The van der Waals surface area contributed by atoms with Gasteiger partial charge >= 0.3 is 5.56 Å². The van der Waals surface area contributed by atoms with Gasteiger partial charge in [0.05, 0.1) is 0 Å². The third-order valence-electron chi connectivity index (χ3n) is 3.21. The van der Waals surface area contributed by atoms with Crippen molar-refractivity contribution in [1.82, 2.24) is 9.55 Å². The monoisotopic (exact) mass is 287 g/mol. The highest BCUT2D eigenvalue weighted by Crippen LogP contribution is 2.26. The van der Waals surface area contributed by atoms with Gasteiger partial charge < -0.3 is 15.0 Å². The van der Waals surface area contributed by atoms with Gasteiger partial charge in [0.1, 0.15) is 5.75 Å². The molecule has 2 rings (SSSR count). The summed E-state index contributed by atoms with van der Waals surface area (Å²) in [6, 6.07) is 3.66. The van der Waals surface area contributed by atoms with Crippen molar-refractivity contribution in [3.8, 4) is 11.6 Å². The molecule has 0 aliphatic carbocycles. The zero-order valence-corrected chi connectivity index (χ0v) is 12.9. The lowest BCUT2D eigenvalue weighted by atomic mass is 10.1. The molecule has 1 aromatic heterocycles. The summed E-state index contributed by atoms with van der Waals surface area (Å²) >= 11 is 0. The molecule has 2 N–H and O–H groups in total. The highest BCUT2D eigenvalue weighted by atomic mass is 16.5. The second kappa shape index (κ2) is 5.99. The third kappa shape index (κ3) is 3.42. The number of nitrogens with two attached hydrogens (primary N) is 1. The maximum absolute atomic E-state index is 12.3. The van der Waals surface area contributed by atoms with Crippen LogP contribution in [0, 0.1) is 19.8 Å². The van der Waals surface area contributed by atoms with E-state index in [1.54, 1.807) is 17.0 Å². The minimum atomic E-state index is -0.222. The summed E-state index contributed by atoms with van der Waals surface area (Å²) in [5.41, 5.74) is 8.12. The SMILES string of the molecule is Cc1cc(Oc2nccn(CC(C)C)c2=O)c(C)cc1N. The van der Waals surface area contributed by atoms with Crippen molar-refractivity contribution in [2.75, 3.05) is 5.73 Å². The van der Waals surface area contributed by atoms with E-state index in [-0.39, 0.29) is 11.4 Å². The Morgan fingerprint density at radius 1 is 1.29 bits per heavy atom. The van der Waals surface area contributed by atoms with Crippen LogP contribution in [-0.2, 0) is 6.54 Å². The maximum Gasteiger partial charge on any atom is 0.313 e. The predicted molar refractivity (Wildman–Crippen MR) is 83.7 cm³/mol. The van der Waals surface area contributed by atoms with Gasteiger partial charge in [0.15, 0.2) is 0 Å². The largest absolute Gasteiger partial charge is 0.434 e. The van der Waals surface area contributed by atoms with Crippen LogP contribution in [0.4, 0.5) is 5.69 Å². The van der Waals surface area contributed by atoms with Gasteiger partial charge in [-0.05, 0) is 43.0 Å². The van der Waals surface area contributed by atoms with E-state index in [0.717, 1.165) is 11.1 Å². The molecule has 0 saturated heterocycles. The molecule has 0 spiro atoms. The van der Waals surface area contributed by atoms with Crippen LogP contribution in [0.3, 0.4) is 0 Å². The van der Waals surface area contributed by atoms with Gasteiger partial charge in [0, 0.05) is 24.6 Å². The van der Waals surface area contributed by atoms with Crippen molar-refractivity contribution in [1.29, 1.82) is 0 Å². The Labute approximate surface area is 124 Å². The molecule has 5 nitrogen and oxygen atoms in total. The number of anilines is 1. The van der Waals surface area contributed by atoms with E-state index < -0.39 is 0 Å². The smallest absolute Gasteiger partial charge is 0.313 e. The van der Waals surface area contributed by atoms with Crippen molar-refractivity contribution in [3.05, 3.63) is 46.0 Å². The lowest BCUT2D eigenvalue weighted by molar-refractivity contribution is 0.430. The normalized spacial score (nSPS) is 10.9. The second-order valence-electron chi connectivity index (χ2n) is 5.66. The first-order valence-electron chi connectivity index (χ1n) is 6.98. The van der Waals surface area contributed by atoms with Crippen LogP contribution in [-0.4, -0.2) is 9.55 Å². The second-order valence-corrected chi connectivity index (χ2v) is 5.66. The molecule has 21 heavy (non-hydrogen) atoms. The van der Waals surface area contributed by atoms with E-state index in [0.29, 0.717) is 23.9 Å². The predicted octanol–water partition coefficient (Wildman–Crippen LogP) is 2.89. The van der Waals surface area contributed by atoms with Crippen LogP contribution in [0.2, 0.25) is 0 Å². The highest BCUT2D eigenvalue weighted by Gasteiger charge is 2.11. The Bertz CT molecular complexity index is 705. The number of nitrogens with zero attached hydrogens (tertiary/aromatic N) is 2. The minimum absolute atomic E-state index is 0.0884. The first kappa shape index (κ1) is 15.1. The molecular weight excluding hydrogens is 266 g/mol. The van der Waals surface area contributed by atoms with Crippen LogP contribution in [0.25, 0.3) is 0 Å². The number of aromatic nitrogens is 2. The van der Waals surface area contributed by atoms with Gasteiger partial charge in [0.25, 0.3) is 5.88 Å². The Morgan fingerprint density at radius 2 is 2.00 bits per heavy atom. The van der Waals surface area contributed by atoms with Crippen molar-refractivity contribution < 1.29 is 4.74 Å². The Morgan fingerprint density at radius 3 is 2.67 bits per heavy atom. The van der Waals surface area contributed by atoms with Crippen molar-refractivity contribution >= 4 is 5.69 Å². The molecule has 0 bridgehead atoms. The molecule has 1 heterocycles. The molecule has 0 atom stereocenters. The van der Waals surface area contributed by atoms with Gasteiger partial charge in [-0.25, -0.2) is 4.98 Å². The fourth-order valence-corrected chi connectivity index (χ4v) is 2.06. The molecule has 0 aliphatic heterocycles. The summed E-state index contributed by atoms with van der Waals surface area (Å²) in [6.45, 7) is 8.54. The topological polar surface area (TPSA) is 70.1 Å². The minimum Gasteiger partial charge on any atom is -0.434 e. The Kier molecular flexibility index (Phi) is 4.31. The maximum atomic E-state index is 12.3. The van der Waals surface area contributed by atoms with Crippen molar-refractivity contribution in [3.63, 3.8) is 0 Å². The average Bonchev–Trinajstić information content (AvgIpc) is 2.40. The van der Waals surface area contributed by atoms with Gasteiger partial charge in [-0.2, -0.15) is 0 Å². The molecule has 0 amide bonds. The van der Waals surface area contributed by atoms with E-state index in [2.05, 4.69) is 18.8 Å². The summed E-state index contributed by atoms with van der Waals surface area (Å²) in [5.74, 6) is 1.07. The van der Waals surface area contributed by atoms with Crippen LogP contribution in [0.1, 0.15) is 25.0 Å². The zero-order valence-electron chi connectivity index (χ0n) is 12.9. The van der Waals surface area contributed by atoms with Crippen LogP contribution in [0.15, 0.2) is 29.3 Å². The van der Waals surface area contributed by atoms with E-state index in [9.17, 15) is 4.79 Å². The van der Waals surface area contributed by atoms with Gasteiger partial charge in [-0.3, -0.25) is 4.79 Å². The number of aryl methyl sites for hydroxylation is 2. The fourth-order valence-electron chi connectivity index (χ4n) is 2.06. The molecular formula is C16H21N3O2. The number of hydrogen-bond donors (Lipinski definition) is 1. The highest BCUT2D eigenvalue weighted by molar-refractivity contribution is 5.54. The van der Waals surface area contributed by atoms with Gasteiger partial charge in [0.2, 0.25) is 0 Å². The molecule has 2 aromatic rings. The molecule has 0 aliphatic rings. The quantitative estimate of drug-likeness (QED) is 0.878. The number of benzene rings is 1. The van der Waals surface area contributed by atoms with Crippen LogP contribution >= 0.6 is 0 Å². The summed E-state index contributed by atoms with van der Waals surface area (Å²) in [6.07, 6.45) is 3.26. The first-order valence-corrected chi connectivity index (χ1v) is 6.98. The lowest BCUT2D eigenvalue weighted by Gasteiger charge is -2.12. The van der Waals surface area contributed by atoms with Crippen LogP contribution < -0.4 is 16.0 Å². The molecule has 0 fully saturated rings. The van der Waals surface area contributed by atoms with E-state index in [1.807, 2.05) is 26.0 Å². The van der Waals surface area contributed by atoms with E-state index >= 15 is 0 Å². The Hall–Kier alpha value is -2.30.